The molecule has 3 N–H and O–H groups in total. The zero-order chi connectivity index (χ0) is 12.5. The SMILES string of the molecule is Nc1[nH]ncc1-c1ccc2c(c1Cl)OCCCO2. The zero-order valence-electron chi connectivity index (χ0n) is 9.57. The van der Waals surface area contributed by atoms with E-state index in [4.69, 9.17) is 26.8 Å². The van der Waals surface area contributed by atoms with Crippen LogP contribution in [0.25, 0.3) is 11.1 Å². The number of fused-ring (bicyclic) bond motifs is 1. The van der Waals surface area contributed by atoms with Gasteiger partial charge in [-0.05, 0) is 12.1 Å². The summed E-state index contributed by atoms with van der Waals surface area (Å²) < 4.78 is 11.2. The Balaban J connectivity index is 2.13. The van der Waals surface area contributed by atoms with Gasteiger partial charge in [0.1, 0.15) is 5.82 Å². The number of anilines is 1. The number of aromatic amines is 1. The van der Waals surface area contributed by atoms with Crippen LogP contribution in [-0.2, 0) is 0 Å². The van der Waals surface area contributed by atoms with Crippen LogP contribution in [0.5, 0.6) is 11.5 Å². The molecule has 94 valence electrons. The van der Waals surface area contributed by atoms with Crippen LogP contribution in [0.1, 0.15) is 6.42 Å². The number of rotatable bonds is 1. The van der Waals surface area contributed by atoms with Gasteiger partial charge in [-0.3, -0.25) is 5.10 Å². The first-order chi connectivity index (χ1) is 8.77. The molecular weight excluding hydrogens is 254 g/mol. The van der Waals surface area contributed by atoms with Crippen molar-refractivity contribution >= 4 is 17.4 Å². The zero-order valence-corrected chi connectivity index (χ0v) is 10.3. The van der Waals surface area contributed by atoms with Gasteiger partial charge in [0.15, 0.2) is 11.5 Å². The van der Waals surface area contributed by atoms with Crippen molar-refractivity contribution in [3.8, 4) is 22.6 Å². The second-order valence-electron chi connectivity index (χ2n) is 4.00. The van der Waals surface area contributed by atoms with Gasteiger partial charge in [-0.1, -0.05) is 11.6 Å². The van der Waals surface area contributed by atoms with E-state index in [1.54, 1.807) is 6.20 Å². The van der Waals surface area contributed by atoms with Crippen molar-refractivity contribution < 1.29 is 9.47 Å². The highest BCUT2D eigenvalue weighted by molar-refractivity contribution is 6.35. The lowest BCUT2D eigenvalue weighted by molar-refractivity contribution is 0.297. The van der Waals surface area contributed by atoms with Crippen molar-refractivity contribution in [2.75, 3.05) is 18.9 Å². The Morgan fingerprint density at radius 2 is 2.06 bits per heavy atom. The number of hydrogen-bond acceptors (Lipinski definition) is 4. The van der Waals surface area contributed by atoms with E-state index in [1.165, 1.54) is 0 Å². The molecule has 3 rings (SSSR count). The second-order valence-corrected chi connectivity index (χ2v) is 4.38. The third kappa shape index (κ3) is 1.76. The number of nitrogens with one attached hydrogen (secondary N) is 1. The van der Waals surface area contributed by atoms with Crippen LogP contribution in [0.4, 0.5) is 5.82 Å². The maximum absolute atomic E-state index is 6.36. The highest BCUT2D eigenvalue weighted by Crippen LogP contribution is 2.43. The molecule has 2 heterocycles. The van der Waals surface area contributed by atoms with Crippen LogP contribution < -0.4 is 15.2 Å². The third-order valence-corrected chi connectivity index (χ3v) is 3.19. The Kier molecular flexibility index (Phi) is 2.76. The predicted octanol–water partition coefficient (Wildman–Crippen LogP) is 2.47. The Morgan fingerprint density at radius 3 is 2.83 bits per heavy atom. The standard InChI is InChI=1S/C12H12ClN3O2/c13-10-7(8-6-15-16-12(8)14)2-3-9-11(10)18-5-1-4-17-9/h2-3,6H,1,4-5H2,(H3,14,15,16). The fourth-order valence-corrected chi connectivity index (χ4v) is 2.23. The molecule has 0 amide bonds. The van der Waals surface area contributed by atoms with Gasteiger partial charge in [-0.15, -0.1) is 0 Å². The van der Waals surface area contributed by atoms with Crippen LogP contribution in [0.3, 0.4) is 0 Å². The van der Waals surface area contributed by atoms with Crippen LogP contribution in [-0.4, -0.2) is 23.4 Å². The second kappa shape index (κ2) is 4.42. The number of aromatic nitrogens is 2. The number of H-pyrrole nitrogens is 1. The first-order valence-electron chi connectivity index (χ1n) is 5.64. The maximum Gasteiger partial charge on any atom is 0.180 e. The van der Waals surface area contributed by atoms with Crippen LogP contribution >= 0.6 is 11.6 Å². The Labute approximate surface area is 109 Å². The first kappa shape index (κ1) is 11.2. The number of halogens is 1. The molecule has 0 radical (unpaired) electrons. The summed E-state index contributed by atoms with van der Waals surface area (Å²) in [6, 6.07) is 3.70. The molecule has 1 aliphatic rings. The molecule has 0 aliphatic carbocycles. The average molecular weight is 266 g/mol. The molecule has 0 saturated heterocycles. The summed E-state index contributed by atoms with van der Waals surface area (Å²) >= 11 is 6.36. The summed E-state index contributed by atoms with van der Waals surface area (Å²) in [6.45, 7) is 1.23. The molecule has 5 nitrogen and oxygen atoms in total. The Bertz CT molecular complexity index is 583. The summed E-state index contributed by atoms with van der Waals surface area (Å²) in [4.78, 5) is 0. The number of nitrogen functional groups attached to an aromatic ring is 1. The molecule has 0 atom stereocenters. The maximum atomic E-state index is 6.36. The highest BCUT2D eigenvalue weighted by atomic mass is 35.5. The van der Waals surface area contributed by atoms with E-state index in [0.717, 1.165) is 17.5 Å². The molecule has 0 bridgehead atoms. The fourth-order valence-electron chi connectivity index (χ4n) is 1.92. The van der Waals surface area contributed by atoms with Crippen LogP contribution in [0, 0.1) is 0 Å². The largest absolute Gasteiger partial charge is 0.490 e. The van der Waals surface area contributed by atoms with Gasteiger partial charge in [-0.25, -0.2) is 0 Å². The van der Waals surface area contributed by atoms with E-state index < -0.39 is 0 Å². The summed E-state index contributed by atoms with van der Waals surface area (Å²) in [5.41, 5.74) is 7.34. The van der Waals surface area contributed by atoms with E-state index >= 15 is 0 Å². The number of hydrogen-bond donors (Lipinski definition) is 2. The van der Waals surface area contributed by atoms with Gasteiger partial charge in [0.2, 0.25) is 0 Å². The number of nitrogens with zero attached hydrogens (tertiary/aromatic N) is 1. The smallest absolute Gasteiger partial charge is 0.180 e. The first-order valence-corrected chi connectivity index (χ1v) is 6.02. The van der Waals surface area contributed by atoms with E-state index in [-0.39, 0.29) is 0 Å². The minimum absolute atomic E-state index is 0.478. The molecule has 6 heteroatoms. The van der Waals surface area contributed by atoms with E-state index in [0.29, 0.717) is 35.6 Å². The van der Waals surface area contributed by atoms with Gasteiger partial charge >= 0.3 is 0 Å². The summed E-state index contributed by atoms with van der Waals surface area (Å²) in [6.07, 6.45) is 2.48. The molecule has 0 unspecified atom stereocenters. The van der Waals surface area contributed by atoms with E-state index in [2.05, 4.69) is 10.2 Å². The molecule has 1 aliphatic heterocycles. The van der Waals surface area contributed by atoms with Gasteiger partial charge in [-0.2, -0.15) is 5.10 Å². The van der Waals surface area contributed by atoms with Crippen molar-refractivity contribution in [3.05, 3.63) is 23.4 Å². The highest BCUT2D eigenvalue weighted by Gasteiger charge is 2.19. The monoisotopic (exact) mass is 265 g/mol. The summed E-state index contributed by atoms with van der Waals surface area (Å²) in [7, 11) is 0. The number of ether oxygens (including phenoxy) is 2. The molecular formula is C12H12ClN3O2. The summed E-state index contributed by atoms with van der Waals surface area (Å²) in [5.74, 6) is 1.72. The lowest BCUT2D eigenvalue weighted by Gasteiger charge is -2.12. The molecule has 0 saturated carbocycles. The van der Waals surface area contributed by atoms with Crippen molar-refractivity contribution in [1.29, 1.82) is 0 Å². The Morgan fingerprint density at radius 1 is 1.22 bits per heavy atom. The normalized spacial score (nSPS) is 14.3. The van der Waals surface area contributed by atoms with Gasteiger partial charge in [0, 0.05) is 17.5 Å². The number of nitrogens with two attached hydrogens (primary N) is 1. The van der Waals surface area contributed by atoms with Gasteiger partial charge in [0.05, 0.1) is 24.4 Å². The van der Waals surface area contributed by atoms with Crippen molar-refractivity contribution in [2.45, 2.75) is 6.42 Å². The van der Waals surface area contributed by atoms with Crippen molar-refractivity contribution in [2.24, 2.45) is 0 Å². The summed E-state index contributed by atoms with van der Waals surface area (Å²) in [5, 5.41) is 7.08. The average Bonchev–Trinajstić information content (AvgIpc) is 2.65. The molecule has 0 spiro atoms. The van der Waals surface area contributed by atoms with Crippen LogP contribution in [0.2, 0.25) is 5.02 Å². The van der Waals surface area contributed by atoms with Gasteiger partial charge in [0.25, 0.3) is 0 Å². The predicted molar refractivity (Wildman–Crippen MR) is 69.1 cm³/mol. The third-order valence-electron chi connectivity index (χ3n) is 2.81. The van der Waals surface area contributed by atoms with Crippen molar-refractivity contribution in [1.82, 2.24) is 10.2 Å². The minimum atomic E-state index is 0.478. The van der Waals surface area contributed by atoms with Crippen LogP contribution in [0.15, 0.2) is 18.3 Å². The Hall–Kier alpha value is -1.88. The molecule has 1 aromatic carbocycles. The lowest BCUT2D eigenvalue weighted by atomic mass is 10.1. The minimum Gasteiger partial charge on any atom is -0.490 e. The van der Waals surface area contributed by atoms with Crippen molar-refractivity contribution in [3.63, 3.8) is 0 Å². The van der Waals surface area contributed by atoms with E-state index in [1.807, 2.05) is 12.1 Å². The molecule has 18 heavy (non-hydrogen) atoms. The topological polar surface area (TPSA) is 73.2 Å². The fraction of sp³-hybridized carbons (Fsp3) is 0.250. The molecule has 2 aromatic rings. The van der Waals surface area contributed by atoms with E-state index in [9.17, 15) is 0 Å². The number of benzene rings is 1. The molecule has 1 aromatic heterocycles. The van der Waals surface area contributed by atoms with Gasteiger partial charge < -0.3 is 15.2 Å². The quantitative estimate of drug-likeness (QED) is 0.831. The lowest BCUT2D eigenvalue weighted by Crippen LogP contribution is -1.97. The molecule has 0 fully saturated rings.